The van der Waals surface area contributed by atoms with Gasteiger partial charge in [0.1, 0.15) is 6.04 Å². The van der Waals surface area contributed by atoms with E-state index >= 15 is 0 Å². The number of carbonyl (C=O) groups is 2. The van der Waals surface area contributed by atoms with Crippen LogP contribution in [0.15, 0.2) is 0 Å². The first kappa shape index (κ1) is 10.2. The van der Waals surface area contributed by atoms with Gasteiger partial charge in [-0.2, -0.15) is 0 Å². The lowest BCUT2D eigenvalue weighted by molar-refractivity contribution is -0.120. The molecule has 6 nitrogen and oxygen atoms in total. The molecule has 1 fully saturated rings. The number of hydrogen-bond donors (Lipinski definition) is 3. The van der Waals surface area contributed by atoms with Gasteiger partial charge in [0, 0.05) is 12.8 Å². The minimum absolute atomic E-state index is 0.0331. The second-order valence-corrected chi connectivity index (χ2v) is 5.63. The van der Waals surface area contributed by atoms with Crippen molar-refractivity contribution in [3.05, 3.63) is 0 Å². The van der Waals surface area contributed by atoms with Crippen molar-refractivity contribution >= 4 is 19.3 Å². The molecule has 7 heteroatoms. The fourth-order valence-electron chi connectivity index (χ4n) is 1.03. The summed E-state index contributed by atoms with van der Waals surface area (Å²) < 4.78 is 10.9. The minimum atomic E-state index is -3.10. The van der Waals surface area contributed by atoms with Crippen molar-refractivity contribution < 1.29 is 19.0 Å². The molecule has 1 aliphatic heterocycles. The number of amides is 3. The lowest BCUT2D eigenvalue weighted by Crippen LogP contribution is -2.29. The summed E-state index contributed by atoms with van der Waals surface area (Å²) in [6.07, 6.45) is 0.229. The van der Waals surface area contributed by atoms with Crippen LogP contribution in [0.25, 0.3) is 0 Å². The van der Waals surface area contributed by atoms with E-state index in [1.54, 1.807) is 0 Å². The van der Waals surface area contributed by atoms with Gasteiger partial charge in [-0.3, -0.25) is 14.7 Å². The van der Waals surface area contributed by atoms with E-state index in [-0.39, 0.29) is 12.6 Å². The van der Waals surface area contributed by atoms with Gasteiger partial charge >= 0.3 is 6.03 Å². The third kappa shape index (κ3) is 3.16. The zero-order valence-electron chi connectivity index (χ0n) is 7.11. The van der Waals surface area contributed by atoms with E-state index in [2.05, 4.69) is 5.32 Å². The Balaban J connectivity index is 2.43. The number of imide groups is 1. The molecule has 0 radical (unpaired) electrons. The van der Waals surface area contributed by atoms with Crippen molar-refractivity contribution in [2.75, 3.05) is 12.8 Å². The molecule has 1 aliphatic rings. The topological polar surface area (TPSA) is 95.5 Å². The van der Waals surface area contributed by atoms with Crippen molar-refractivity contribution in [1.82, 2.24) is 10.6 Å². The zero-order valence-corrected chi connectivity index (χ0v) is 8.01. The summed E-state index contributed by atoms with van der Waals surface area (Å²) in [5.74, 6) is -0.432. The summed E-state index contributed by atoms with van der Waals surface area (Å²) in [4.78, 5) is 30.5. The van der Waals surface area contributed by atoms with Crippen LogP contribution in [0, 0.1) is 0 Å². The molecule has 3 N–H and O–H groups in total. The molecule has 0 aromatic carbocycles. The number of nitrogens with one attached hydrogen (secondary N) is 2. The highest BCUT2D eigenvalue weighted by Gasteiger charge is 2.30. The van der Waals surface area contributed by atoms with E-state index in [0.29, 0.717) is 0 Å². The average Bonchev–Trinajstić information content (AvgIpc) is 2.24. The van der Waals surface area contributed by atoms with Crippen molar-refractivity contribution in [2.45, 2.75) is 12.5 Å². The highest BCUT2D eigenvalue weighted by atomic mass is 31.2. The summed E-state index contributed by atoms with van der Waals surface area (Å²) in [7, 11) is -3.10. The maximum Gasteiger partial charge on any atom is 0.322 e. The average molecular weight is 206 g/mol. The summed E-state index contributed by atoms with van der Waals surface area (Å²) in [6.45, 7) is 1.22. The second-order valence-electron chi connectivity index (χ2n) is 3.08. The summed E-state index contributed by atoms with van der Waals surface area (Å²) in [6, 6.07) is -1.20. The van der Waals surface area contributed by atoms with Crippen molar-refractivity contribution in [1.29, 1.82) is 0 Å². The molecular weight excluding hydrogens is 195 g/mol. The Morgan fingerprint density at radius 3 is 2.54 bits per heavy atom. The van der Waals surface area contributed by atoms with E-state index in [0.717, 1.165) is 0 Å². The molecule has 0 aromatic rings. The molecule has 1 heterocycles. The van der Waals surface area contributed by atoms with Crippen molar-refractivity contribution in [3.8, 4) is 0 Å². The van der Waals surface area contributed by atoms with Gasteiger partial charge in [-0.15, -0.1) is 0 Å². The van der Waals surface area contributed by atoms with Crippen LogP contribution in [0.4, 0.5) is 4.79 Å². The predicted molar refractivity (Wildman–Crippen MR) is 45.7 cm³/mol. The molecule has 0 aliphatic carbocycles. The molecule has 74 valence electrons. The molecule has 1 saturated heterocycles. The molecule has 2 atom stereocenters. The van der Waals surface area contributed by atoms with Crippen molar-refractivity contribution in [2.24, 2.45) is 0 Å². The molecule has 3 amide bonds. The highest BCUT2D eigenvalue weighted by molar-refractivity contribution is 7.57. The predicted octanol–water partition coefficient (Wildman–Crippen LogP) is -0.515. The van der Waals surface area contributed by atoms with Crippen LogP contribution in [-0.4, -0.2) is 35.7 Å². The van der Waals surface area contributed by atoms with Crippen LogP contribution in [-0.2, 0) is 9.36 Å². The summed E-state index contributed by atoms with van der Waals surface area (Å²) in [5, 5.41) is 4.39. The molecule has 2 unspecified atom stereocenters. The number of rotatable bonds is 3. The van der Waals surface area contributed by atoms with E-state index in [9.17, 15) is 14.2 Å². The lowest BCUT2D eigenvalue weighted by Gasteiger charge is -2.08. The van der Waals surface area contributed by atoms with Gasteiger partial charge in [0.05, 0.1) is 0 Å². The van der Waals surface area contributed by atoms with Crippen LogP contribution in [0.5, 0.6) is 0 Å². The normalized spacial score (nSPS) is 26.5. The third-order valence-corrected chi connectivity index (χ3v) is 2.78. The van der Waals surface area contributed by atoms with E-state index in [4.69, 9.17) is 4.89 Å². The van der Waals surface area contributed by atoms with Gasteiger partial charge in [-0.1, -0.05) is 0 Å². The SMILES string of the molecule is CP(=O)(O)CCC1NC(=O)NC1=O. The molecule has 0 spiro atoms. The smallest absolute Gasteiger partial charge is 0.322 e. The number of hydrogen-bond acceptors (Lipinski definition) is 3. The Hall–Kier alpha value is -0.870. The molecule has 13 heavy (non-hydrogen) atoms. The van der Waals surface area contributed by atoms with Crippen LogP contribution in [0.2, 0.25) is 0 Å². The Bertz CT molecular complexity index is 284. The van der Waals surface area contributed by atoms with E-state index in [1.165, 1.54) is 6.66 Å². The van der Waals surface area contributed by atoms with Gasteiger partial charge < -0.3 is 10.2 Å². The van der Waals surface area contributed by atoms with Crippen LogP contribution in [0.3, 0.4) is 0 Å². The second kappa shape index (κ2) is 3.47. The first-order chi connectivity index (χ1) is 5.88. The van der Waals surface area contributed by atoms with Crippen LogP contribution in [0.1, 0.15) is 6.42 Å². The Labute approximate surface area is 75.2 Å². The number of carbonyl (C=O) groups excluding carboxylic acids is 2. The first-order valence-corrected chi connectivity index (χ1v) is 6.08. The fraction of sp³-hybridized carbons (Fsp3) is 0.667. The standard InChI is InChI=1S/C6H11N2O4P/c1-13(11,12)3-2-4-5(9)8-6(10)7-4/h4H,2-3H2,1H3,(H,11,12)(H2,7,8,9,10). The Morgan fingerprint density at radius 1 is 1.54 bits per heavy atom. The largest absolute Gasteiger partial charge is 0.344 e. The summed E-state index contributed by atoms with van der Waals surface area (Å²) in [5.41, 5.74) is 0. The maximum absolute atomic E-state index is 10.9. The molecule has 0 aromatic heterocycles. The Kier molecular flexibility index (Phi) is 2.73. The zero-order chi connectivity index (χ0) is 10.1. The summed E-state index contributed by atoms with van der Waals surface area (Å²) >= 11 is 0. The van der Waals surface area contributed by atoms with E-state index in [1.807, 2.05) is 5.32 Å². The molecular formula is C6H11N2O4P. The van der Waals surface area contributed by atoms with Crippen LogP contribution < -0.4 is 10.6 Å². The quantitative estimate of drug-likeness (QED) is 0.428. The number of urea groups is 1. The van der Waals surface area contributed by atoms with Crippen molar-refractivity contribution in [3.63, 3.8) is 0 Å². The van der Waals surface area contributed by atoms with Gasteiger partial charge in [0.25, 0.3) is 5.91 Å². The minimum Gasteiger partial charge on any atom is -0.344 e. The third-order valence-electron chi connectivity index (χ3n) is 1.69. The molecule has 0 saturated carbocycles. The fourth-order valence-corrected chi connectivity index (χ4v) is 1.77. The maximum atomic E-state index is 10.9. The van der Waals surface area contributed by atoms with E-state index < -0.39 is 25.3 Å². The highest BCUT2D eigenvalue weighted by Crippen LogP contribution is 2.36. The van der Waals surface area contributed by atoms with Gasteiger partial charge in [0.2, 0.25) is 0 Å². The first-order valence-electron chi connectivity index (χ1n) is 3.79. The van der Waals surface area contributed by atoms with Gasteiger partial charge in [-0.05, 0) is 6.42 Å². The molecule has 1 rings (SSSR count). The lowest BCUT2D eigenvalue weighted by atomic mass is 10.2. The molecule has 0 bridgehead atoms. The Morgan fingerprint density at radius 2 is 2.15 bits per heavy atom. The van der Waals surface area contributed by atoms with Gasteiger partial charge in [-0.25, -0.2) is 4.79 Å². The van der Waals surface area contributed by atoms with Gasteiger partial charge in [0.15, 0.2) is 7.37 Å². The van der Waals surface area contributed by atoms with Crippen LogP contribution >= 0.6 is 7.37 Å². The monoisotopic (exact) mass is 206 g/mol.